The number of nitrogens with one attached hydrogen (secondary N) is 3. The molecule has 0 fully saturated rings. The lowest BCUT2D eigenvalue weighted by atomic mass is 10.1. The maximum Gasteiger partial charge on any atom is 0.228 e. The second-order valence-electron chi connectivity index (χ2n) is 5.99. The Morgan fingerprint density at radius 1 is 1.07 bits per heavy atom. The Morgan fingerprint density at radius 3 is 2.33 bits per heavy atom. The zero-order valence-electron chi connectivity index (χ0n) is 16.0. The van der Waals surface area contributed by atoms with Gasteiger partial charge in [-0.2, -0.15) is 0 Å². The highest BCUT2D eigenvalue weighted by Gasteiger charge is 2.34. The van der Waals surface area contributed by atoms with Crippen LogP contribution in [0.25, 0.3) is 0 Å². The third-order valence-electron chi connectivity index (χ3n) is 3.84. The molecule has 11 heteroatoms. The summed E-state index contributed by atoms with van der Waals surface area (Å²) in [6.45, 7) is 0. The number of rotatable bonds is 7. The molecule has 1 amide bonds. The lowest BCUT2D eigenvalue weighted by Gasteiger charge is -2.28. The van der Waals surface area contributed by atoms with E-state index in [2.05, 4.69) is 16.0 Å². The third-order valence-corrected chi connectivity index (χ3v) is 5.05. The number of para-hydroxylation sites is 1. The normalized spacial score (nSPS) is 11.9. The maximum absolute atomic E-state index is 12.5. The van der Waals surface area contributed by atoms with Gasteiger partial charge in [-0.25, -0.2) is 0 Å². The van der Waals surface area contributed by atoms with Gasteiger partial charge in [-0.05, 0) is 42.0 Å². The molecule has 6 nitrogen and oxygen atoms in total. The van der Waals surface area contributed by atoms with Crippen LogP contribution in [0.1, 0.15) is 5.56 Å². The monoisotopic (exact) mass is 509 g/mol. The number of thiocarbonyl (C=S) groups is 1. The van der Waals surface area contributed by atoms with Gasteiger partial charge < -0.3 is 25.4 Å². The minimum absolute atomic E-state index is 0.0178. The number of ether oxygens (including phenoxy) is 2. The Bertz CT molecular complexity index is 909. The minimum atomic E-state index is -1.88. The van der Waals surface area contributed by atoms with Crippen LogP contribution >= 0.6 is 58.6 Å². The average molecular weight is 511 g/mol. The first-order chi connectivity index (χ1) is 14.1. The average Bonchev–Trinajstić information content (AvgIpc) is 2.68. The molecule has 0 aromatic heterocycles. The molecule has 0 aliphatic heterocycles. The van der Waals surface area contributed by atoms with Crippen molar-refractivity contribution in [3.63, 3.8) is 0 Å². The molecule has 1 unspecified atom stereocenters. The van der Waals surface area contributed by atoms with Crippen LogP contribution in [0.2, 0.25) is 5.02 Å². The number of amides is 1. The molecule has 30 heavy (non-hydrogen) atoms. The van der Waals surface area contributed by atoms with Gasteiger partial charge in [-0.1, -0.05) is 64.6 Å². The molecule has 162 valence electrons. The van der Waals surface area contributed by atoms with E-state index in [1.54, 1.807) is 42.5 Å². The van der Waals surface area contributed by atoms with Gasteiger partial charge in [0.1, 0.15) is 6.17 Å². The molecular weight excluding hydrogens is 492 g/mol. The Hall–Kier alpha value is -1.64. The summed E-state index contributed by atoms with van der Waals surface area (Å²) in [5.74, 6) is 0.661. The molecule has 3 N–H and O–H groups in total. The first-order valence-corrected chi connectivity index (χ1v) is 10.4. The van der Waals surface area contributed by atoms with E-state index >= 15 is 0 Å². The fourth-order valence-electron chi connectivity index (χ4n) is 2.44. The standard InChI is InChI=1S/C19H19Cl4N3O3S/c1-28-14-8-7-11(9-15(14)29-2)10-16(27)25-17(19(21,22)23)26-18(30)24-13-6-4-3-5-12(13)20/h3-9,17H,10H2,1-2H3,(H,25,27)(H2,24,26,30). The zero-order chi connectivity index (χ0) is 22.3. The van der Waals surface area contributed by atoms with Crippen molar-refractivity contribution < 1.29 is 14.3 Å². The first-order valence-electron chi connectivity index (χ1n) is 8.53. The molecular formula is C19H19Cl4N3O3S. The number of methoxy groups -OCH3 is 2. The summed E-state index contributed by atoms with van der Waals surface area (Å²) >= 11 is 29.4. The zero-order valence-corrected chi connectivity index (χ0v) is 19.8. The smallest absolute Gasteiger partial charge is 0.228 e. The summed E-state index contributed by atoms with van der Waals surface area (Å²) in [6.07, 6.45) is -1.08. The maximum atomic E-state index is 12.5. The molecule has 0 heterocycles. The number of hydrogen-bond donors (Lipinski definition) is 3. The number of carbonyl (C=O) groups is 1. The Labute approximate surface area is 200 Å². The quantitative estimate of drug-likeness (QED) is 0.285. The highest BCUT2D eigenvalue weighted by Crippen LogP contribution is 2.30. The highest BCUT2D eigenvalue weighted by atomic mass is 35.6. The van der Waals surface area contributed by atoms with Gasteiger partial charge in [0.15, 0.2) is 16.6 Å². The fraction of sp³-hybridized carbons (Fsp3) is 0.263. The molecule has 2 rings (SSSR count). The Morgan fingerprint density at radius 2 is 1.73 bits per heavy atom. The Kier molecular flexibility index (Phi) is 9.12. The van der Waals surface area contributed by atoms with Gasteiger partial charge in [0, 0.05) is 0 Å². The van der Waals surface area contributed by atoms with Crippen molar-refractivity contribution in [1.29, 1.82) is 0 Å². The summed E-state index contributed by atoms with van der Waals surface area (Å²) in [5, 5.41) is 8.88. The van der Waals surface area contributed by atoms with E-state index in [0.29, 0.717) is 27.8 Å². The Balaban J connectivity index is 2.04. The van der Waals surface area contributed by atoms with Gasteiger partial charge in [-0.15, -0.1) is 0 Å². The molecule has 0 bridgehead atoms. The summed E-state index contributed by atoms with van der Waals surface area (Å²) < 4.78 is 8.56. The SMILES string of the molecule is COc1ccc(CC(=O)NC(NC(=S)Nc2ccccc2Cl)C(Cl)(Cl)Cl)cc1OC. The van der Waals surface area contributed by atoms with Gasteiger partial charge in [0.05, 0.1) is 31.4 Å². The van der Waals surface area contributed by atoms with E-state index in [4.69, 9.17) is 68.1 Å². The summed E-state index contributed by atoms with van der Waals surface area (Å²) in [7, 11) is 3.04. The number of carbonyl (C=O) groups excluding carboxylic acids is 1. The second kappa shape index (κ2) is 11.1. The fourth-order valence-corrected chi connectivity index (χ4v) is 3.18. The first kappa shape index (κ1) is 24.6. The van der Waals surface area contributed by atoms with Crippen LogP contribution in [0.3, 0.4) is 0 Å². The van der Waals surface area contributed by atoms with E-state index < -0.39 is 15.9 Å². The summed E-state index contributed by atoms with van der Waals surface area (Å²) in [6, 6.07) is 12.1. The molecule has 0 saturated carbocycles. The molecule has 0 spiro atoms. The number of anilines is 1. The van der Waals surface area contributed by atoms with Crippen LogP contribution in [0, 0.1) is 0 Å². The molecule has 2 aromatic rings. The highest BCUT2D eigenvalue weighted by molar-refractivity contribution is 7.80. The third kappa shape index (κ3) is 7.25. The van der Waals surface area contributed by atoms with Crippen LogP contribution in [-0.4, -0.2) is 35.2 Å². The number of halogens is 4. The van der Waals surface area contributed by atoms with Crippen molar-refractivity contribution in [2.24, 2.45) is 0 Å². The molecule has 0 saturated heterocycles. The lowest BCUT2D eigenvalue weighted by molar-refractivity contribution is -0.121. The topological polar surface area (TPSA) is 71.6 Å². The molecule has 1 atom stereocenters. The van der Waals surface area contributed by atoms with Crippen LogP contribution in [0.4, 0.5) is 5.69 Å². The van der Waals surface area contributed by atoms with E-state index in [9.17, 15) is 4.79 Å². The van der Waals surface area contributed by atoms with Gasteiger partial charge in [-0.3, -0.25) is 4.79 Å². The van der Waals surface area contributed by atoms with Crippen LogP contribution in [0.5, 0.6) is 11.5 Å². The molecule has 2 aromatic carbocycles. The van der Waals surface area contributed by atoms with Crippen LogP contribution in [0.15, 0.2) is 42.5 Å². The number of alkyl halides is 3. The molecule has 0 aliphatic rings. The molecule has 0 radical (unpaired) electrons. The largest absolute Gasteiger partial charge is 0.493 e. The van der Waals surface area contributed by atoms with Crippen molar-refractivity contribution in [3.05, 3.63) is 53.1 Å². The number of benzene rings is 2. The molecule has 0 aliphatic carbocycles. The lowest BCUT2D eigenvalue weighted by Crippen LogP contribution is -2.56. The summed E-state index contributed by atoms with van der Waals surface area (Å²) in [4.78, 5) is 12.5. The van der Waals surface area contributed by atoms with Crippen LogP contribution in [-0.2, 0) is 11.2 Å². The second-order valence-corrected chi connectivity index (χ2v) is 9.17. The number of hydrogen-bond acceptors (Lipinski definition) is 4. The van der Waals surface area contributed by atoms with Crippen molar-refractivity contribution in [3.8, 4) is 11.5 Å². The van der Waals surface area contributed by atoms with Crippen molar-refractivity contribution in [1.82, 2.24) is 10.6 Å². The summed E-state index contributed by atoms with van der Waals surface area (Å²) in [5.41, 5.74) is 1.25. The predicted molar refractivity (Wildman–Crippen MR) is 126 cm³/mol. The van der Waals surface area contributed by atoms with E-state index in [-0.39, 0.29) is 11.5 Å². The van der Waals surface area contributed by atoms with Gasteiger partial charge in [0.25, 0.3) is 0 Å². The minimum Gasteiger partial charge on any atom is -0.493 e. The van der Waals surface area contributed by atoms with E-state index in [1.165, 1.54) is 14.2 Å². The van der Waals surface area contributed by atoms with Crippen molar-refractivity contribution in [2.45, 2.75) is 16.4 Å². The van der Waals surface area contributed by atoms with E-state index in [1.807, 2.05) is 0 Å². The predicted octanol–water partition coefficient (Wildman–Crippen LogP) is 4.70. The van der Waals surface area contributed by atoms with Crippen molar-refractivity contribution in [2.75, 3.05) is 19.5 Å². The van der Waals surface area contributed by atoms with Crippen LogP contribution < -0.4 is 25.4 Å². The van der Waals surface area contributed by atoms with E-state index in [0.717, 1.165) is 0 Å². The van der Waals surface area contributed by atoms with Crippen molar-refractivity contribution >= 4 is 75.3 Å². The van der Waals surface area contributed by atoms with Gasteiger partial charge in [0.2, 0.25) is 9.70 Å². The van der Waals surface area contributed by atoms with Gasteiger partial charge >= 0.3 is 0 Å².